The molecular weight excluding hydrogens is 373 g/mol. The number of urea groups is 1. The number of amides is 3. The second-order valence-corrected chi connectivity index (χ2v) is 7.49. The van der Waals surface area contributed by atoms with Gasteiger partial charge in [-0.3, -0.25) is 19.6 Å². The highest BCUT2D eigenvalue weighted by Gasteiger charge is 2.26. The van der Waals surface area contributed by atoms with E-state index in [9.17, 15) is 14.0 Å². The number of nitrogens with two attached hydrogens (primary N) is 1. The van der Waals surface area contributed by atoms with Gasteiger partial charge in [0.05, 0.1) is 17.6 Å². The normalized spacial score (nSPS) is 15.1. The summed E-state index contributed by atoms with van der Waals surface area (Å²) in [4.78, 5) is 33.2. The predicted octanol–water partition coefficient (Wildman–Crippen LogP) is 2.74. The molecule has 2 N–H and O–H groups in total. The molecule has 0 unspecified atom stereocenters. The predicted molar refractivity (Wildman–Crippen MR) is 109 cm³/mol. The first-order valence-electron chi connectivity index (χ1n) is 9.57. The number of benzene rings is 1. The third kappa shape index (κ3) is 5.08. The molecule has 1 aromatic heterocycles. The first-order valence-corrected chi connectivity index (χ1v) is 9.57. The van der Waals surface area contributed by atoms with Crippen LogP contribution in [-0.4, -0.2) is 53.9 Å². The van der Waals surface area contributed by atoms with Gasteiger partial charge in [0.15, 0.2) is 0 Å². The molecule has 154 valence electrons. The topological polar surface area (TPSA) is 82.8 Å². The van der Waals surface area contributed by atoms with Gasteiger partial charge in [0.2, 0.25) is 5.91 Å². The lowest BCUT2D eigenvalue weighted by molar-refractivity contribution is -0.134. The average Bonchev–Trinajstić information content (AvgIpc) is 2.68. The molecule has 0 spiro atoms. The zero-order valence-corrected chi connectivity index (χ0v) is 16.7. The summed E-state index contributed by atoms with van der Waals surface area (Å²) < 4.78 is 14.3. The van der Waals surface area contributed by atoms with Gasteiger partial charge in [0.1, 0.15) is 5.82 Å². The summed E-state index contributed by atoms with van der Waals surface area (Å²) in [5.74, 6) is -0.239. The fourth-order valence-corrected chi connectivity index (χ4v) is 3.70. The van der Waals surface area contributed by atoms with E-state index >= 15 is 0 Å². The van der Waals surface area contributed by atoms with Gasteiger partial charge >= 0.3 is 6.03 Å². The Bertz CT molecular complexity index is 867. The van der Waals surface area contributed by atoms with E-state index in [4.69, 9.17) is 5.73 Å². The van der Waals surface area contributed by atoms with Crippen LogP contribution in [0.1, 0.15) is 18.4 Å². The number of piperidine rings is 1. The molecule has 1 aliphatic heterocycles. The molecule has 0 aliphatic carbocycles. The van der Waals surface area contributed by atoms with Gasteiger partial charge in [-0.15, -0.1) is 0 Å². The number of anilines is 2. The van der Waals surface area contributed by atoms with E-state index in [1.165, 1.54) is 23.2 Å². The van der Waals surface area contributed by atoms with Crippen LogP contribution in [0.4, 0.5) is 20.6 Å². The summed E-state index contributed by atoms with van der Waals surface area (Å²) >= 11 is 0. The van der Waals surface area contributed by atoms with Crippen molar-refractivity contribution in [1.82, 2.24) is 14.8 Å². The lowest BCUT2D eigenvalue weighted by Gasteiger charge is -2.32. The number of rotatable bonds is 5. The highest BCUT2D eigenvalue weighted by atomic mass is 19.1. The maximum atomic E-state index is 14.3. The minimum Gasteiger partial charge on any atom is -0.351 e. The standard InChI is InChI=1S/C21H26FN5O2/c1-25(2)20(28)16-5-8-26(9-6-16)14-15-10-17(22)12-19(11-15)27(21(23)29)18-4-3-7-24-13-18/h3-4,7,10-13,16H,5-6,8-9,14H2,1-2H3,(H2,23,29). The summed E-state index contributed by atoms with van der Waals surface area (Å²) in [5, 5.41) is 0. The van der Waals surface area contributed by atoms with E-state index in [1.807, 2.05) is 0 Å². The van der Waals surface area contributed by atoms with Gasteiger partial charge in [-0.25, -0.2) is 9.18 Å². The number of likely N-dealkylation sites (tertiary alicyclic amines) is 1. The van der Waals surface area contributed by atoms with E-state index in [0.29, 0.717) is 17.9 Å². The number of halogens is 1. The molecule has 7 nitrogen and oxygen atoms in total. The van der Waals surface area contributed by atoms with Gasteiger partial charge < -0.3 is 10.6 Å². The number of nitrogens with zero attached hydrogens (tertiary/aromatic N) is 4. The summed E-state index contributed by atoms with van der Waals surface area (Å²) in [5.41, 5.74) is 7.12. The molecule has 0 saturated carbocycles. The molecule has 1 saturated heterocycles. The minimum absolute atomic E-state index is 0.0419. The van der Waals surface area contributed by atoms with Crippen molar-refractivity contribution in [3.63, 3.8) is 0 Å². The molecule has 0 atom stereocenters. The van der Waals surface area contributed by atoms with Gasteiger partial charge in [-0.1, -0.05) is 0 Å². The molecule has 2 heterocycles. The molecule has 1 fully saturated rings. The van der Waals surface area contributed by atoms with Crippen LogP contribution < -0.4 is 10.6 Å². The minimum atomic E-state index is -0.711. The number of primary amides is 1. The van der Waals surface area contributed by atoms with Crippen molar-refractivity contribution in [3.8, 4) is 0 Å². The Morgan fingerprint density at radius 1 is 1.21 bits per heavy atom. The summed E-state index contributed by atoms with van der Waals surface area (Å²) in [7, 11) is 3.55. The second kappa shape index (κ2) is 9.00. The fraction of sp³-hybridized carbons (Fsp3) is 0.381. The Hall–Kier alpha value is -3.00. The monoisotopic (exact) mass is 399 g/mol. The van der Waals surface area contributed by atoms with Gasteiger partial charge in [0, 0.05) is 32.8 Å². The Kier molecular flexibility index (Phi) is 6.43. The molecule has 1 aliphatic rings. The van der Waals surface area contributed by atoms with E-state index in [-0.39, 0.29) is 11.8 Å². The van der Waals surface area contributed by atoms with E-state index in [0.717, 1.165) is 31.5 Å². The maximum Gasteiger partial charge on any atom is 0.323 e. The van der Waals surface area contributed by atoms with Crippen molar-refractivity contribution in [2.75, 3.05) is 32.1 Å². The van der Waals surface area contributed by atoms with Crippen LogP contribution in [-0.2, 0) is 11.3 Å². The third-order valence-corrected chi connectivity index (χ3v) is 5.11. The first kappa shape index (κ1) is 20.7. The van der Waals surface area contributed by atoms with Crippen molar-refractivity contribution in [3.05, 3.63) is 54.1 Å². The highest BCUT2D eigenvalue weighted by Crippen LogP contribution is 2.28. The molecule has 8 heteroatoms. The van der Waals surface area contributed by atoms with Crippen molar-refractivity contribution >= 4 is 23.3 Å². The lowest BCUT2D eigenvalue weighted by Crippen LogP contribution is -2.39. The van der Waals surface area contributed by atoms with Crippen molar-refractivity contribution in [2.24, 2.45) is 11.7 Å². The zero-order chi connectivity index (χ0) is 21.0. The Morgan fingerprint density at radius 3 is 2.52 bits per heavy atom. The number of aromatic nitrogens is 1. The zero-order valence-electron chi connectivity index (χ0n) is 16.7. The molecule has 1 aromatic carbocycles. The molecule has 3 rings (SSSR count). The summed E-state index contributed by atoms with van der Waals surface area (Å²) in [6.07, 6.45) is 4.65. The van der Waals surface area contributed by atoms with Crippen LogP contribution in [0.2, 0.25) is 0 Å². The van der Waals surface area contributed by atoms with Crippen molar-refractivity contribution in [1.29, 1.82) is 0 Å². The Labute approximate surface area is 169 Å². The van der Waals surface area contributed by atoms with Crippen molar-refractivity contribution < 1.29 is 14.0 Å². The number of carbonyl (C=O) groups excluding carboxylic acids is 2. The maximum absolute atomic E-state index is 14.3. The van der Waals surface area contributed by atoms with Crippen LogP contribution in [0.15, 0.2) is 42.7 Å². The van der Waals surface area contributed by atoms with Gasteiger partial charge in [0.25, 0.3) is 0 Å². The van der Waals surface area contributed by atoms with Crippen LogP contribution in [0.3, 0.4) is 0 Å². The fourth-order valence-electron chi connectivity index (χ4n) is 3.70. The molecule has 3 amide bonds. The largest absolute Gasteiger partial charge is 0.351 e. The highest BCUT2D eigenvalue weighted by molar-refractivity contribution is 5.98. The van der Waals surface area contributed by atoms with Crippen LogP contribution in [0.5, 0.6) is 0 Å². The molecule has 29 heavy (non-hydrogen) atoms. The number of pyridine rings is 1. The lowest BCUT2D eigenvalue weighted by atomic mass is 9.95. The molecule has 0 radical (unpaired) electrons. The molecule has 2 aromatic rings. The molecule has 0 bridgehead atoms. The van der Waals surface area contributed by atoms with Gasteiger partial charge in [-0.2, -0.15) is 0 Å². The summed E-state index contributed by atoms with van der Waals surface area (Å²) in [6, 6.07) is 7.17. The average molecular weight is 399 g/mol. The van der Waals surface area contributed by atoms with Gasteiger partial charge in [-0.05, 0) is 61.8 Å². The smallest absolute Gasteiger partial charge is 0.323 e. The second-order valence-electron chi connectivity index (χ2n) is 7.49. The first-order chi connectivity index (χ1) is 13.8. The van der Waals surface area contributed by atoms with Crippen LogP contribution in [0, 0.1) is 11.7 Å². The number of hydrogen-bond donors (Lipinski definition) is 1. The SMILES string of the molecule is CN(C)C(=O)C1CCN(Cc2cc(F)cc(N(C(N)=O)c3cccnc3)c2)CC1. The molecular formula is C21H26FN5O2. The van der Waals surface area contributed by atoms with E-state index < -0.39 is 11.8 Å². The van der Waals surface area contributed by atoms with Crippen LogP contribution >= 0.6 is 0 Å². The number of hydrogen-bond acceptors (Lipinski definition) is 4. The van der Waals surface area contributed by atoms with Crippen molar-refractivity contribution in [2.45, 2.75) is 19.4 Å². The Morgan fingerprint density at radius 2 is 1.93 bits per heavy atom. The number of carbonyl (C=O) groups is 2. The Balaban J connectivity index is 1.74. The quantitative estimate of drug-likeness (QED) is 0.838. The van der Waals surface area contributed by atoms with E-state index in [1.54, 1.807) is 43.4 Å². The van der Waals surface area contributed by atoms with E-state index in [2.05, 4.69) is 9.88 Å². The third-order valence-electron chi connectivity index (χ3n) is 5.11. The van der Waals surface area contributed by atoms with Crippen LogP contribution in [0.25, 0.3) is 0 Å². The summed E-state index contributed by atoms with van der Waals surface area (Å²) in [6.45, 7) is 2.06.